The molecule has 0 bridgehead atoms. The van der Waals surface area contributed by atoms with Gasteiger partial charge in [0.25, 0.3) is 0 Å². The zero-order valence-corrected chi connectivity index (χ0v) is 25.7. The summed E-state index contributed by atoms with van der Waals surface area (Å²) in [6.07, 6.45) is 0.255. The van der Waals surface area contributed by atoms with Crippen molar-refractivity contribution < 1.29 is 41.3 Å². The van der Waals surface area contributed by atoms with Gasteiger partial charge >= 0.3 is 12.1 Å². The van der Waals surface area contributed by atoms with Crippen LogP contribution in [0.4, 0.5) is 17.6 Å². The zero-order chi connectivity index (χ0) is 28.8. The molecule has 3 unspecified atom stereocenters. The van der Waals surface area contributed by atoms with Gasteiger partial charge in [0, 0.05) is 22.9 Å². The average Bonchev–Trinajstić information content (AvgIpc) is 3.38. The lowest BCUT2D eigenvalue weighted by molar-refractivity contribution is -0.279. The number of methoxy groups -OCH3 is 1. The Morgan fingerprint density at radius 2 is 1.97 bits per heavy atom. The summed E-state index contributed by atoms with van der Waals surface area (Å²) in [5, 5.41) is 0. The van der Waals surface area contributed by atoms with E-state index in [1.165, 1.54) is 14.0 Å². The Hall–Kier alpha value is -0.460. The number of ether oxygens (including phenoxy) is 4. The van der Waals surface area contributed by atoms with E-state index in [2.05, 4.69) is 27.3 Å². The summed E-state index contributed by atoms with van der Waals surface area (Å²) in [7, 11) is 1.34. The quantitative estimate of drug-likeness (QED) is 0.0657. The molecule has 0 aromatic rings. The molecular formula is C29H45F4IO5. The minimum Gasteiger partial charge on any atom is -0.469 e. The molecule has 0 amide bonds. The largest absolute Gasteiger partial charge is 0.469 e. The first kappa shape index (κ1) is 33.0. The number of rotatable bonds is 13. The van der Waals surface area contributed by atoms with E-state index in [1.807, 2.05) is 13.8 Å². The summed E-state index contributed by atoms with van der Waals surface area (Å²) in [4.78, 5) is 11.4. The minimum atomic E-state index is -4.47. The average molecular weight is 677 g/mol. The van der Waals surface area contributed by atoms with Gasteiger partial charge in [-0.15, -0.1) is 0 Å². The Kier molecular flexibility index (Phi) is 12.4. The molecule has 0 aromatic carbocycles. The van der Waals surface area contributed by atoms with Crippen molar-refractivity contribution >= 4 is 28.6 Å². The molecule has 2 saturated heterocycles. The molecule has 3 aliphatic rings. The summed E-state index contributed by atoms with van der Waals surface area (Å²) in [5.41, 5.74) is -2.08. The number of allylic oxidation sites excluding steroid dienone is 1. The van der Waals surface area contributed by atoms with Crippen LogP contribution in [0.2, 0.25) is 0 Å². The highest BCUT2D eigenvalue weighted by molar-refractivity contribution is 14.1. The fourth-order valence-electron chi connectivity index (χ4n) is 6.29. The van der Waals surface area contributed by atoms with Crippen LogP contribution in [-0.4, -0.2) is 60.6 Å². The maximum Gasteiger partial charge on any atom is 0.397 e. The third-order valence-corrected chi connectivity index (χ3v) is 10.2. The molecule has 5 nitrogen and oxygen atoms in total. The van der Waals surface area contributed by atoms with Crippen molar-refractivity contribution in [2.24, 2.45) is 23.2 Å². The molecule has 0 spiro atoms. The van der Waals surface area contributed by atoms with E-state index in [1.54, 1.807) is 12.2 Å². The molecule has 0 radical (unpaired) electrons. The number of hydrogen-bond donors (Lipinski definition) is 0. The van der Waals surface area contributed by atoms with Crippen molar-refractivity contribution in [2.75, 3.05) is 13.7 Å². The Balaban J connectivity index is 1.78. The zero-order valence-electron chi connectivity index (χ0n) is 23.6. The highest BCUT2D eigenvalue weighted by Gasteiger charge is 2.57. The van der Waals surface area contributed by atoms with Crippen LogP contribution in [0.3, 0.4) is 0 Å². The predicted molar refractivity (Wildman–Crippen MR) is 149 cm³/mol. The first-order valence-corrected chi connectivity index (χ1v) is 15.7. The fraction of sp³-hybridized carbons (Fsp3) is 0.897. The lowest BCUT2D eigenvalue weighted by atomic mass is 9.77. The summed E-state index contributed by atoms with van der Waals surface area (Å²) in [5.74, 6) is -0.894. The fourth-order valence-corrected chi connectivity index (χ4v) is 7.29. The van der Waals surface area contributed by atoms with Gasteiger partial charge in [-0.05, 0) is 63.7 Å². The van der Waals surface area contributed by atoms with Gasteiger partial charge in [-0.1, -0.05) is 61.4 Å². The number of halogens is 5. The van der Waals surface area contributed by atoms with Crippen LogP contribution in [0.25, 0.3) is 0 Å². The van der Waals surface area contributed by atoms with Gasteiger partial charge < -0.3 is 18.9 Å². The van der Waals surface area contributed by atoms with Crippen molar-refractivity contribution in [1.82, 2.24) is 0 Å². The summed E-state index contributed by atoms with van der Waals surface area (Å²) in [6, 6.07) is 0. The SMILES string of the molecule is CCCCC(C)([C@@H](C=C[C@@H]1[C@H]2[C@H](F)[C@H](C(I)CCCC(=O)OC)O[C@@H]2C[C@H]1C)OC1CCCCO1)C(F)(F)F. The maximum atomic E-state index is 15.9. The number of carbonyl (C=O) groups is 1. The van der Waals surface area contributed by atoms with Gasteiger partial charge in [0.2, 0.25) is 0 Å². The van der Waals surface area contributed by atoms with Crippen molar-refractivity contribution in [3.8, 4) is 0 Å². The molecule has 1 aliphatic carbocycles. The standard InChI is InChI=1S/C29H45F4IO5/c1-5-6-15-28(3,29(31,32)33)22(39-24-12-7-8-16-37-24)14-13-19-18(2)17-21-25(19)26(30)27(38-21)20(34)10-9-11-23(35)36-4/h13-14,18-22,24-27H,5-12,15-17H2,1-4H3/t18-,19+,20?,21-,22-,24?,25-,26+,27+,28?/m1/s1. The number of alkyl halides is 5. The third kappa shape index (κ3) is 8.09. The van der Waals surface area contributed by atoms with Gasteiger partial charge in [0.15, 0.2) is 6.29 Å². The lowest BCUT2D eigenvalue weighted by Crippen LogP contribution is -2.47. The molecule has 10 heteroatoms. The Morgan fingerprint density at radius 3 is 2.59 bits per heavy atom. The van der Waals surface area contributed by atoms with Gasteiger partial charge in [0.1, 0.15) is 12.3 Å². The molecule has 0 N–H and O–H groups in total. The maximum absolute atomic E-state index is 15.9. The summed E-state index contributed by atoms with van der Waals surface area (Å²) in [6.45, 7) is 5.60. The molecule has 39 heavy (non-hydrogen) atoms. The van der Waals surface area contributed by atoms with Crippen LogP contribution in [0.15, 0.2) is 12.2 Å². The number of unbranched alkanes of at least 4 members (excludes halogenated alkanes) is 1. The van der Waals surface area contributed by atoms with Crippen LogP contribution in [-0.2, 0) is 23.7 Å². The highest BCUT2D eigenvalue weighted by atomic mass is 127. The predicted octanol–water partition coefficient (Wildman–Crippen LogP) is 7.74. The van der Waals surface area contributed by atoms with Crippen LogP contribution in [0.5, 0.6) is 0 Å². The molecule has 3 fully saturated rings. The summed E-state index contributed by atoms with van der Waals surface area (Å²) < 4.78 is 81.9. The van der Waals surface area contributed by atoms with Crippen LogP contribution < -0.4 is 0 Å². The van der Waals surface area contributed by atoms with Gasteiger partial charge in [-0.3, -0.25) is 4.79 Å². The van der Waals surface area contributed by atoms with Gasteiger partial charge in [-0.2, -0.15) is 13.2 Å². The van der Waals surface area contributed by atoms with E-state index < -0.39 is 42.2 Å². The number of esters is 1. The Bertz CT molecular complexity index is 805. The van der Waals surface area contributed by atoms with Crippen molar-refractivity contribution in [1.29, 1.82) is 0 Å². The molecule has 2 heterocycles. The number of hydrogen-bond acceptors (Lipinski definition) is 5. The van der Waals surface area contributed by atoms with Gasteiger partial charge in [-0.25, -0.2) is 4.39 Å². The first-order chi connectivity index (χ1) is 18.4. The van der Waals surface area contributed by atoms with E-state index in [0.29, 0.717) is 45.1 Å². The molecule has 1 saturated carbocycles. The molecule has 0 aromatic heterocycles. The van der Waals surface area contributed by atoms with Crippen molar-refractivity contribution in [2.45, 2.75) is 126 Å². The second-order valence-electron chi connectivity index (χ2n) is 11.7. The first-order valence-electron chi connectivity index (χ1n) is 14.5. The van der Waals surface area contributed by atoms with E-state index in [4.69, 9.17) is 14.2 Å². The number of carbonyl (C=O) groups excluding carboxylic acids is 1. The third-order valence-electron chi connectivity index (χ3n) is 8.86. The summed E-state index contributed by atoms with van der Waals surface area (Å²) >= 11 is 2.19. The molecule has 10 atom stereocenters. The lowest BCUT2D eigenvalue weighted by Gasteiger charge is -2.40. The number of fused-ring (bicyclic) bond motifs is 1. The molecular weight excluding hydrogens is 631 g/mol. The highest BCUT2D eigenvalue weighted by Crippen LogP contribution is 2.51. The van der Waals surface area contributed by atoms with E-state index in [0.717, 1.165) is 12.8 Å². The van der Waals surface area contributed by atoms with Gasteiger partial charge in [0.05, 0.1) is 24.7 Å². The molecule has 3 rings (SSSR count). The normalized spacial score (nSPS) is 34.5. The van der Waals surface area contributed by atoms with Crippen LogP contribution in [0.1, 0.15) is 85.0 Å². The topological polar surface area (TPSA) is 54.0 Å². The van der Waals surface area contributed by atoms with Crippen molar-refractivity contribution in [3.63, 3.8) is 0 Å². The van der Waals surface area contributed by atoms with Crippen molar-refractivity contribution in [3.05, 3.63) is 12.2 Å². The smallest absolute Gasteiger partial charge is 0.397 e. The van der Waals surface area contributed by atoms with Crippen LogP contribution in [0, 0.1) is 23.2 Å². The minimum absolute atomic E-state index is 0.0555. The second kappa shape index (κ2) is 14.6. The van der Waals surface area contributed by atoms with E-state index in [9.17, 15) is 18.0 Å². The van der Waals surface area contributed by atoms with Crippen LogP contribution >= 0.6 is 22.6 Å². The molecule has 226 valence electrons. The molecule has 2 aliphatic heterocycles. The van der Waals surface area contributed by atoms with E-state index in [-0.39, 0.29) is 40.7 Å². The monoisotopic (exact) mass is 676 g/mol. The Labute approximate surface area is 244 Å². The second-order valence-corrected chi connectivity index (χ2v) is 13.3. The van der Waals surface area contributed by atoms with E-state index >= 15 is 4.39 Å². The Morgan fingerprint density at radius 1 is 1.23 bits per heavy atom.